The van der Waals surface area contributed by atoms with Crippen molar-refractivity contribution in [2.24, 2.45) is 0 Å². The predicted molar refractivity (Wildman–Crippen MR) is 78.1 cm³/mol. The molecule has 0 spiro atoms. The van der Waals surface area contributed by atoms with E-state index in [9.17, 15) is 0 Å². The molecule has 0 amide bonds. The maximum atomic E-state index is 6.20. The zero-order chi connectivity index (χ0) is 12.9. The van der Waals surface area contributed by atoms with Crippen molar-refractivity contribution in [1.29, 1.82) is 0 Å². The molecule has 0 bridgehead atoms. The molecule has 1 aliphatic rings. The van der Waals surface area contributed by atoms with Crippen molar-refractivity contribution in [3.05, 3.63) is 0 Å². The van der Waals surface area contributed by atoms with Gasteiger partial charge in [-0.15, -0.1) is 0 Å². The number of rotatable bonds is 5. The van der Waals surface area contributed by atoms with E-state index in [1.165, 1.54) is 45.3 Å². The fourth-order valence-corrected chi connectivity index (χ4v) is 3.10. The summed E-state index contributed by atoms with van der Waals surface area (Å²) >= 11 is 0. The summed E-state index contributed by atoms with van der Waals surface area (Å²) in [4.78, 5) is 2.60. The van der Waals surface area contributed by atoms with Gasteiger partial charge < -0.3 is 9.33 Å². The fourth-order valence-electron chi connectivity index (χ4n) is 2.01. The molecule has 1 saturated heterocycles. The van der Waals surface area contributed by atoms with E-state index in [4.69, 9.17) is 4.43 Å². The Hall–Kier alpha value is 0.137. The topological polar surface area (TPSA) is 12.5 Å². The second-order valence-corrected chi connectivity index (χ2v) is 11.7. The van der Waals surface area contributed by atoms with Gasteiger partial charge in [0.2, 0.25) is 0 Å². The molecule has 102 valence electrons. The molecule has 17 heavy (non-hydrogen) atoms. The highest BCUT2D eigenvalue weighted by Gasteiger charge is 2.36. The van der Waals surface area contributed by atoms with Gasteiger partial charge in [-0.3, -0.25) is 0 Å². The molecule has 0 aromatic heterocycles. The number of piperidine rings is 1. The highest BCUT2D eigenvalue weighted by molar-refractivity contribution is 6.74. The third kappa shape index (κ3) is 5.10. The highest BCUT2D eigenvalue weighted by Crippen LogP contribution is 2.36. The van der Waals surface area contributed by atoms with Crippen molar-refractivity contribution in [2.45, 2.75) is 64.6 Å². The average molecular weight is 257 g/mol. The standard InChI is InChI=1S/C14H31NOSi/c1-14(2,3)17(4,5)16-13-9-12-15-10-7-6-8-11-15/h6-13H2,1-5H3. The molecule has 3 heteroatoms. The van der Waals surface area contributed by atoms with Gasteiger partial charge >= 0.3 is 0 Å². The summed E-state index contributed by atoms with van der Waals surface area (Å²) in [6.45, 7) is 16.4. The van der Waals surface area contributed by atoms with Crippen LogP contribution in [0.5, 0.6) is 0 Å². The molecular formula is C14H31NOSi. The van der Waals surface area contributed by atoms with Gasteiger partial charge in [-0.25, -0.2) is 0 Å². The normalized spacial score (nSPS) is 19.6. The number of nitrogens with zero attached hydrogens (tertiary/aromatic N) is 1. The van der Waals surface area contributed by atoms with E-state index in [1.54, 1.807) is 0 Å². The fraction of sp³-hybridized carbons (Fsp3) is 1.00. The number of hydrogen-bond donors (Lipinski definition) is 0. The Morgan fingerprint density at radius 2 is 1.65 bits per heavy atom. The van der Waals surface area contributed by atoms with Crippen molar-refractivity contribution >= 4 is 8.32 Å². The summed E-state index contributed by atoms with van der Waals surface area (Å²) in [5.74, 6) is 0. The molecule has 1 rings (SSSR count). The lowest BCUT2D eigenvalue weighted by atomic mass is 10.1. The van der Waals surface area contributed by atoms with Crippen LogP contribution in [0.1, 0.15) is 46.5 Å². The van der Waals surface area contributed by atoms with E-state index in [0.717, 1.165) is 6.61 Å². The van der Waals surface area contributed by atoms with Crippen molar-refractivity contribution in [3.63, 3.8) is 0 Å². The lowest BCUT2D eigenvalue weighted by Crippen LogP contribution is -2.41. The Labute approximate surface area is 109 Å². The summed E-state index contributed by atoms with van der Waals surface area (Å²) in [5, 5.41) is 0.345. The van der Waals surface area contributed by atoms with E-state index in [0.29, 0.717) is 5.04 Å². The van der Waals surface area contributed by atoms with E-state index < -0.39 is 8.32 Å². The Morgan fingerprint density at radius 1 is 1.06 bits per heavy atom. The summed E-state index contributed by atoms with van der Waals surface area (Å²) in [5.41, 5.74) is 0. The Kier molecular flexibility index (Phi) is 5.67. The lowest BCUT2D eigenvalue weighted by Gasteiger charge is -2.36. The molecule has 0 aliphatic carbocycles. The van der Waals surface area contributed by atoms with Crippen LogP contribution in [-0.2, 0) is 4.43 Å². The molecule has 1 aliphatic heterocycles. The zero-order valence-corrected chi connectivity index (χ0v) is 13.5. The van der Waals surface area contributed by atoms with Crippen LogP contribution < -0.4 is 0 Å². The van der Waals surface area contributed by atoms with E-state index in [1.807, 2.05) is 0 Å². The van der Waals surface area contributed by atoms with Crippen molar-refractivity contribution in [2.75, 3.05) is 26.2 Å². The quantitative estimate of drug-likeness (QED) is 0.547. The van der Waals surface area contributed by atoms with Crippen LogP contribution in [0.15, 0.2) is 0 Å². The van der Waals surface area contributed by atoms with Crippen LogP contribution in [0.25, 0.3) is 0 Å². The Morgan fingerprint density at radius 3 is 2.18 bits per heavy atom. The molecule has 0 atom stereocenters. The monoisotopic (exact) mass is 257 g/mol. The SMILES string of the molecule is CC(C)(C)[Si](C)(C)OCCCN1CCCCC1. The van der Waals surface area contributed by atoms with Crippen LogP contribution in [0.2, 0.25) is 18.1 Å². The van der Waals surface area contributed by atoms with Gasteiger partial charge in [-0.1, -0.05) is 27.2 Å². The van der Waals surface area contributed by atoms with E-state index in [-0.39, 0.29) is 0 Å². The minimum Gasteiger partial charge on any atom is -0.417 e. The first-order valence-electron chi connectivity index (χ1n) is 7.19. The third-order valence-corrected chi connectivity index (χ3v) is 8.87. The first-order valence-corrected chi connectivity index (χ1v) is 10.1. The van der Waals surface area contributed by atoms with Crippen molar-refractivity contribution in [3.8, 4) is 0 Å². The van der Waals surface area contributed by atoms with Gasteiger partial charge in [-0.2, -0.15) is 0 Å². The van der Waals surface area contributed by atoms with Gasteiger partial charge in [0.05, 0.1) is 0 Å². The molecule has 0 radical (unpaired) electrons. The maximum absolute atomic E-state index is 6.20. The molecular weight excluding hydrogens is 226 g/mol. The summed E-state index contributed by atoms with van der Waals surface area (Å²) in [6.07, 6.45) is 5.41. The van der Waals surface area contributed by atoms with E-state index >= 15 is 0 Å². The van der Waals surface area contributed by atoms with Gasteiger partial charge in [0, 0.05) is 13.2 Å². The second-order valence-electron chi connectivity index (χ2n) is 6.86. The summed E-state index contributed by atoms with van der Waals surface area (Å²) in [7, 11) is -1.51. The second kappa shape index (κ2) is 6.35. The van der Waals surface area contributed by atoms with Crippen molar-refractivity contribution in [1.82, 2.24) is 4.90 Å². The number of likely N-dealkylation sites (tertiary alicyclic amines) is 1. The van der Waals surface area contributed by atoms with Gasteiger partial charge in [0.15, 0.2) is 8.32 Å². The van der Waals surface area contributed by atoms with Crippen LogP contribution >= 0.6 is 0 Å². The molecule has 0 aromatic rings. The molecule has 1 heterocycles. The molecule has 1 fully saturated rings. The molecule has 0 aromatic carbocycles. The highest BCUT2D eigenvalue weighted by atomic mass is 28.4. The zero-order valence-electron chi connectivity index (χ0n) is 12.5. The lowest BCUT2D eigenvalue weighted by molar-refractivity contribution is 0.199. The largest absolute Gasteiger partial charge is 0.417 e. The molecule has 0 N–H and O–H groups in total. The van der Waals surface area contributed by atoms with Gasteiger partial charge in [0.1, 0.15) is 0 Å². The predicted octanol–water partition coefficient (Wildman–Crippen LogP) is 3.88. The molecule has 0 unspecified atom stereocenters. The first-order chi connectivity index (χ1) is 7.83. The van der Waals surface area contributed by atoms with Crippen LogP contribution in [-0.4, -0.2) is 39.5 Å². The minimum atomic E-state index is -1.51. The first kappa shape index (κ1) is 15.2. The smallest absolute Gasteiger partial charge is 0.191 e. The van der Waals surface area contributed by atoms with Gasteiger partial charge in [-0.05, 0) is 50.5 Å². The molecule has 2 nitrogen and oxygen atoms in total. The number of hydrogen-bond acceptors (Lipinski definition) is 2. The third-order valence-electron chi connectivity index (χ3n) is 4.34. The Balaban J connectivity index is 2.15. The van der Waals surface area contributed by atoms with Crippen LogP contribution in [0.3, 0.4) is 0 Å². The van der Waals surface area contributed by atoms with Crippen molar-refractivity contribution < 1.29 is 4.43 Å². The Bertz CT molecular complexity index is 217. The minimum absolute atomic E-state index is 0.345. The van der Waals surface area contributed by atoms with Gasteiger partial charge in [0.25, 0.3) is 0 Å². The molecule has 0 saturated carbocycles. The summed E-state index contributed by atoms with van der Waals surface area (Å²) < 4.78 is 6.20. The van der Waals surface area contributed by atoms with Crippen LogP contribution in [0.4, 0.5) is 0 Å². The maximum Gasteiger partial charge on any atom is 0.191 e. The summed E-state index contributed by atoms with van der Waals surface area (Å²) in [6, 6.07) is 0. The van der Waals surface area contributed by atoms with E-state index in [2.05, 4.69) is 38.8 Å². The average Bonchev–Trinajstić information content (AvgIpc) is 2.24. The van der Waals surface area contributed by atoms with Crippen LogP contribution in [0, 0.1) is 0 Å².